The number of benzene rings is 1. The molecular formula is C11H9F3N2O3. The van der Waals surface area contributed by atoms with Crippen molar-refractivity contribution in [2.24, 2.45) is 0 Å². The lowest BCUT2D eigenvalue weighted by Crippen LogP contribution is -2.37. The van der Waals surface area contributed by atoms with Crippen molar-refractivity contribution in [3.05, 3.63) is 50.4 Å². The van der Waals surface area contributed by atoms with Gasteiger partial charge in [-0.2, -0.15) is 0 Å². The van der Waals surface area contributed by atoms with Gasteiger partial charge in [0.05, 0.1) is 5.69 Å². The van der Waals surface area contributed by atoms with Gasteiger partial charge in [0.1, 0.15) is 0 Å². The standard InChI is InChI=1S/C11H9F3N2O3/c1-6-3-4-8(5-7(6)2)16-9(17)15(10(18)19-16)11(12,13)14/h3-5H,1-2H3. The van der Waals surface area contributed by atoms with Crippen molar-refractivity contribution in [3.8, 4) is 5.69 Å². The number of rotatable bonds is 1. The molecule has 0 aliphatic rings. The van der Waals surface area contributed by atoms with E-state index in [0.717, 1.165) is 11.1 Å². The van der Waals surface area contributed by atoms with E-state index in [-0.39, 0.29) is 5.69 Å². The lowest BCUT2D eigenvalue weighted by Gasteiger charge is -2.03. The maximum absolute atomic E-state index is 12.5. The summed E-state index contributed by atoms with van der Waals surface area (Å²) in [4.78, 5) is 22.6. The Morgan fingerprint density at radius 2 is 1.74 bits per heavy atom. The second-order valence-corrected chi connectivity index (χ2v) is 4.01. The fourth-order valence-electron chi connectivity index (χ4n) is 1.55. The molecule has 0 unspecified atom stereocenters. The Balaban J connectivity index is 2.69. The minimum Gasteiger partial charge on any atom is -0.311 e. The molecule has 1 aromatic carbocycles. The van der Waals surface area contributed by atoms with Crippen molar-refractivity contribution in [3.63, 3.8) is 0 Å². The molecule has 0 aliphatic carbocycles. The predicted molar refractivity (Wildman–Crippen MR) is 59.3 cm³/mol. The van der Waals surface area contributed by atoms with Crippen LogP contribution in [0.2, 0.25) is 0 Å². The SMILES string of the molecule is Cc1ccc(-n2oc(=O)n(C(F)(F)F)c2=O)cc1C. The molecule has 1 aromatic heterocycles. The van der Waals surface area contributed by atoms with Crippen LogP contribution in [0.25, 0.3) is 5.69 Å². The Bertz CT molecular complexity index is 737. The molecule has 0 fully saturated rings. The van der Waals surface area contributed by atoms with E-state index in [2.05, 4.69) is 4.52 Å². The van der Waals surface area contributed by atoms with Gasteiger partial charge < -0.3 is 4.52 Å². The number of aryl methyl sites for hydroxylation is 2. The monoisotopic (exact) mass is 274 g/mol. The summed E-state index contributed by atoms with van der Waals surface area (Å²) < 4.78 is 41.2. The number of alkyl halides is 3. The van der Waals surface area contributed by atoms with Crippen molar-refractivity contribution in [2.75, 3.05) is 0 Å². The van der Waals surface area contributed by atoms with Crippen LogP contribution >= 0.6 is 0 Å². The van der Waals surface area contributed by atoms with E-state index in [1.165, 1.54) is 12.1 Å². The molecule has 0 saturated heterocycles. The Morgan fingerprint density at radius 3 is 2.21 bits per heavy atom. The van der Waals surface area contributed by atoms with Crippen molar-refractivity contribution in [2.45, 2.75) is 20.1 Å². The van der Waals surface area contributed by atoms with Crippen LogP contribution in [0.5, 0.6) is 0 Å². The third-order valence-electron chi connectivity index (χ3n) is 2.70. The Labute approximate surface area is 104 Å². The highest BCUT2D eigenvalue weighted by atomic mass is 19.4. The van der Waals surface area contributed by atoms with E-state index in [1.54, 1.807) is 19.9 Å². The quantitative estimate of drug-likeness (QED) is 0.795. The number of hydrogen-bond donors (Lipinski definition) is 0. The topological polar surface area (TPSA) is 57.1 Å². The minimum absolute atomic E-state index is 0.0631. The summed E-state index contributed by atoms with van der Waals surface area (Å²) >= 11 is 0. The molecule has 0 radical (unpaired) electrons. The van der Waals surface area contributed by atoms with Gasteiger partial charge in [0, 0.05) is 0 Å². The summed E-state index contributed by atoms with van der Waals surface area (Å²) in [5.74, 6) is -1.77. The van der Waals surface area contributed by atoms with E-state index in [1.807, 2.05) is 0 Å². The average molecular weight is 274 g/mol. The third-order valence-corrected chi connectivity index (χ3v) is 2.70. The minimum atomic E-state index is -5.11. The molecule has 0 spiro atoms. The van der Waals surface area contributed by atoms with Gasteiger partial charge in [-0.05, 0) is 37.1 Å². The van der Waals surface area contributed by atoms with Crippen molar-refractivity contribution < 1.29 is 17.7 Å². The summed E-state index contributed by atoms with van der Waals surface area (Å²) in [6.45, 7) is 3.53. The molecule has 0 N–H and O–H groups in total. The van der Waals surface area contributed by atoms with Crippen LogP contribution in [-0.2, 0) is 6.30 Å². The molecule has 0 saturated carbocycles. The van der Waals surface area contributed by atoms with Gasteiger partial charge in [-0.15, -0.1) is 22.5 Å². The van der Waals surface area contributed by atoms with Crippen molar-refractivity contribution in [1.29, 1.82) is 0 Å². The number of halogens is 3. The summed E-state index contributed by atoms with van der Waals surface area (Å²) in [5.41, 5.74) is 0.134. The van der Waals surface area contributed by atoms with E-state index >= 15 is 0 Å². The molecule has 0 aliphatic heterocycles. The van der Waals surface area contributed by atoms with Gasteiger partial charge in [-0.25, -0.2) is 9.59 Å². The first-order valence-electron chi connectivity index (χ1n) is 5.22. The zero-order valence-corrected chi connectivity index (χ0v) is 9.99. The van der Waals surface area contributed by atoms with Crippen molar-refractivity contribution >= 4 is 0 Å². The van der Waals surface area contributed by atoms with E-state index in [0.29, 0.717) is 4.74 Å². The smallest absolute Gasteiger partial charge is 0.311 e. The molecule has 102 valence electrons. The Hall–Kier alpha value is -2.25. The van der Waals surface area contributed by atoms with Gasteiger partial charge in [0.25, 0.3) is 0 Å². The molecule has 0 bridgehead atoms. The normalized spacial score (nSPS) is 11.8. The lowest BCUT2D eigenvalue weighted by molar-refractivity contribution is -0.209. The molecule has 0 atom stereocenters. The summed E-state index contributed by atoms with van der Waals surface area (Å²) in [6.07, 6.45) is -5.11. The zero-order chi connectivity index (χ0) is 14.4. The lowest BCUT2D eigenvalue weighted by atomic mass is 10.1. The zero-order valence-electron chi connectivity index (χ0n) is 9.99. The first-order valence-corrected chi connectivity index (χ1v) is 5.22. The highest BCUT2D eigenvalue weighted by Gasteiger charge is 2.38. The first-order chi connectivity index (χ1) is 8.71. The Kier molecular flexibility index (Phi) is 2.88. The van der Waals surface area contributed by atoms with Gasteiger partial charge in [0.15, 0.2) is 0 Å². The van der Waals surface area contributed by atoms with E-state index < -0.39 is 22.3 Å². The highest BCUT2D eigenvalue weighted by molar-refractivity contribution is 5.38. The highest BCUT2D eigenvalue weighted by Crippen LogP contribution is 2.18. The van der Waals surface area contributed by atoms with E-state index in [9.17, 15) is 22.8 Å². The maximum atomic E-state index is 12.5. The molecule has 8 heteroatoms. The summed E-state index contributed by atoms with van der Waals surface area (Å²) in [5, 5.41) is 0. The van der Waals surface area contributed by atoms with Gasteiger partial charge in [-0.3, -0.25) is 0 Å². The molecular weight excluding hydrogens is 265 g/mol. The van der Waals surface area contributed by atoms with Gasteiger partial charge in [-0.1, -0.05) is 6.07 Å². The molecule has 1 heterocycles. The average Bonchev–Trinajstić information content (AvgIpc) is 2.57. The summed E-state index contributed by atoms with van der Waals surface area (Å²) in [6, 6.07) is 4.47. The van der Waals surface area contributed by atoms with Crippen LogP contribution < -0.4 is 11.4 Å². The van der Waals surface area contributed by atoms with Crippen LogP contribution in [-0.4, -0.2) is 9.31 Å². The summed E-state index contributed by atoms with van der Waals surface area (Å²) in [7, 11) is 0. The second kappa shape index (κ2) is 4.15. The molecule has 19 heavy (non-hydrogen) atoms. The predicted octanol–water partition coefficient (Wildman–Crippen LogP) is 1.69. The van der Waals surface area contributed by atoms with Crippen LogP contribution in [0.15, 0.2) is 32.3 Å². The Morgan fingerprint density at radius 1 is 1.11 bits per heavy atom. The van der Waals surface area contributed by atoms with Crippen molar-refractivity contribution in [1.82, 2.24) is 9.31 Å². The number of nitrogens with zero attached hydrogens (tertiary/aromatic N) is 2. The van der Waals surface area contributed by atoms with Crippen LogP contribution in [0.1, 0.15) is 11.1 Å². The second-order valence-electron chi connectivity index (χ2n) is 4.01. The number of aromatic nitrogens is 2. The van der Waals surface area contributed by atoms with E-state index in [4.69, 9.17) is 0 Å². The molecule has 2 aromatic rings. The molecule has 5 nitrogen and oxygen atoms in total. The van der Waals surface area contributed by atoms with Crippen LogP contribution in [0.4, 0.5) is 13.2 Å². The van der Waals surface area contributed by atoms with Gasteiger partial charge in [0.2, 0.25) is 0 Å². The first kappa shape index (κ1) is 13.2. The molecule has 0 amide bonds. The largest absolute Gasteiger partial charge is 0.498 e. The maximum Gasteiger partial charge on any atom is 0.498 e. The number of hydrogen-bond acceptors (Lipinski definition) is 3. The third kappa shape index (κ3) is 2.20. The van der Waals surface area contributed by atoms with Crippen LogP contribution in [0.3, 0.4) is 0 Å². The fraction of sp³-hybridized carbons (Fsp3) is 0.273. The molecule has 2 rings (SSSR count). The van der Waals surface area contributed by atoms with Gasteiger partial charge >= 0.3 is 17.7 Å². The fourth-order valence-corrected chi connectivity index (χ4v) is 1.55. The van der Waals surface area contributed by atoms with Crippen LogP contribution in [0, 0.1) is 13.8 Å².